The summed E-state index contributed by atoms with van der Waals surface area (Å²) in [5.74, 6) is 0.147. The van der Waals surface area contributed by atoms with Crippen molar-refractivity contribution >= 4 is 29.7 Å². The lowest BCUT2D eigenvalue weighted by molar-refractivity contribution is -0.384. The summed E-state index contributed by atoms with van der Waals surface area (Å²) in [6, 6.07) is 2.34. The number of nitro benzene ring substituents is 1. The van der Waals surface area contributed by atoms with Crippen molar-refractivity contribution in [3.8, 4) is 0 Å². The van der Waals surface area contributed by atoms with E-state index in [2.05, 4.69) is 5.32 Å². The number of hydrogen-bond donors (Lipinski definition) is 2. The molecule has 27 heavy (non-hydrogen) atoms. The fourth-order valence-corrected chi connectivity index (χ4v) is 3.12. The molecule has 7 nitrogen and oxygen atoms in total. The lowest BCUT2D eigenvalue weighted by atomic mass is 10.1. The second-order valence-electron chi connectivity index (χ2n) is 6.40. The van der Waals surface area contributed by atoms with E-state index in [-0.39, 0.29) is 48.9 Å². The third-order valence-corrected chi connectivity index (χ3v) is 4.49. The highest BCUT2D eigenvalue weighted by Crippen LogP contribution is 2.35. The predicted molar refractivity (Wildman–Crippen MR) is 96.8 cm³/mol. The fraction of sp³-hybridized carbons (Fsp3) is 0.562. The number of nitrogens with zero attached hydrogens (tertiary/aromatic N) is 2. The Bertz CT molecular complexity index is 687. The minimum absolute atomic E-state index is 0. The molecule has 0 saturated carbocycles. The fourth-order valence-electron chi connectivity index (χ4n) is 3.12. The summed E-state index contributed by atoms with van der Waals surface area (Å²) < 4.78 is 38.1. The largest absolute Gasteiger partial charge is 0.416 e. The van der Waals surface area contributed by atoms with Gasteiger partial charge in [0, 0.05) is 31.6 Å². The van der Waals surface area contributed by atoms with Gasteiger partial charge in [0.1, 0.15) is 5.69 Å². The quantitative estimate of drug-likeness (QED) is 0.554. The van der Waals surface area contributed by atoms with Gasteiger partial charge in [0.25, 0.3) is 5.69 Å². The van der Waals surface area contributed by atoms with Gasteiger partial charge in [-0.3, -0.25) is 14.9 Å². The van der Waals surface area contributed by atoms with Gasteiger partial charge in [-0.25, -0.2) is 0 Å². The molecule has 0 radical (unpaired) electrons. The Morgan fingerprint density at radius 3 is 2.63 bits per heavy atom. The highest BCUT2D eigenvalue weighted by molar-refractivity contribution is 5.85. The molecular formula is C16H22ClF3N4O3. The number of carbonyl (C=O) groups excluding carboxylic acids is 1. The van der Waals surface area contributed by atoms with E-state index in [0.717, 1.165) is 18.6 Å². The first-order chi connectivity index (χ1) is 12.1. The molecule has 1 saturated heterocycles. The van der Waals surface area contributed by atoms with E-state index in [1.165, 1.54) is 0 Å². The zero-order valence-electron chi connectivity index (χ0n) is 14.7. The van der Waals surface area contributed by atoms with Crippen LogP contribution in [0.2, 0.25) is 0 Å². The second kappa shape index (κ2) is 9.23. The van der Waals surface area contributed by atoms with Gasteiger partial charge in [-0.05, 0) is 37.9 Å². The molecule has 1 aliphatic rings. The molecule has 2 atom stereocenters. The van der Waals surface area contributed by atoms with Crippen LogP contribution in [0.4, 0.5) is 24.5 Å². The maximum atomic E-state index is 12.7. The first-order valence-corrected chi connectivity index (χ1v) is 8.22. The topological polar surface area (TPSA) is 102 Å². The molecule has 0 aromatic heterocycles. The van der Waals surface area contributed by atoms with E-state index in [0.29, 0.717) is 19.2 Å². The van der Waals surface area contributed by atoms with Gasteiger partial charge in [-0.2, -0.15) is 13.2 Å². The Balaban J connectivity index is 0.00000364. The van der Waals surface area contributed by atoms with Crippen molar-refractivity contribution in [2.75, 3.05) is 25.0 Å². The van der Waals surface area contributed by atoms with Crippen LogP contribution < -0.4 is 11.1 Å². The number of rotatable bonds is 6. The Labute approximate surface area is 160 Å². The first-order valence-electron chi connectivity index (χ1n) is 8.22. The molecule has 1 fully saturated rings. The van der Waals surface area contributed by atoms with Crippen LogP contribution in [0.15, 0.2) is 18.2 Å². The third kappa shape index (κ3) is 5.70. The Hall–Kier alpha value is -2.07. The van der Waals surface area contributed by atoms with Crippen molar-refractivity contribution in [3.63, 3.8) is 0 Å². The van der Waals surface area contributed by atoms with Crippen molar-refractivity contribution in [2.45, 2.75) is 32.0 Å². The maximum absolute atomic E-state index is 12.7. The van der Waals surface area contributed by atoms with Crippen molar-refractivity contribution < 1.29 is 22.9 Å². The van der Waals surface area contributed by atoms with Gasteiger partial charge < -0.3 is 16.0 Å². The van der Waals surface area contributed by atoms with Gasteiger partial charge in [0.2, 0.25) is 5.91 Å². The van der Waals surface area contributed by atoms with Crippen LogP contribution in [0, 0.1) is 16.0 Å². The third-order valence-electron chi connectivity index (χ3n) is 4.49. The van der Waals surface area contributed by atoms with Crippen LogP contribution in [0.1, 0.15) is 25.3 Å². The molecule has 0 aliphatic carbocycles. The maximum Gasteiger partial charge on any atom is 0.416 e. The van der Waals surface area contributed by atoms with Crippen LogP contribution in [0.3, 0.4) is 0 Å². The summed E-state index contributed by atoms with van der Waals surface area (Å²) in [5.41, 5.74) is 3.81. The van der Waals surface area contributed by atoms with Gasteiger partial charge in [0.05, 0.1) is 10.5 Å². The monoisotopic (exact) mass is 410 g/mol. The van der Waals surface area contributed by atoms with E-state index in [4.69, 9.17) is 5.73 Å². The lowest BCUT2D eigenvalue weighted by Gasteiger charge is -2.21. The highest BCUT2D eigenvalue weighted by Gasteiger charge is 2.33. The average Bonchev–Trinajstić information content (AvgIpc) is 2.95. The smallest absolute Gasteiger partial charge is 0.379 e. The number of nitrogens with two attached hydrogens (primary N) is 1. The van der Waals surface area contributed by atoms with Crippen LogP contribution in [0.5, 0.6) is 0 Å². The molecule has 0 spiro atoms. The van der Waals surface area contributed by atoms with Gasteiger partial charge >= 0.3 is 6.18 Å². The number of carbonyl (C=O) groups is 1. The van der Waals surface area contributed by atoms with Crippen molar-refractivity contribution in [1.82, 2.24) is 4.90 Å². The molecule has 1 aromatic rings. The first kappa shape index (κ1) is 23.0. The van der Waals surface area contributed by atoms with Crippen LogP contribution >= 0.6 is 12.4 Å². The average molecular weight is 411 g/mol. The number of nitro groups is 1. The number of halogens is 4. The number of amides is 1. The SMILES string of the molecule is CC1CC(CN)CN1C(=O)CCNc1ccc(C(F)(F)F)cc1[N+](=O)[O-].Cl. The Kier molecular flexibility index (Phi) is 7.85. The molecule has 3 N–H and O–H groups in total. The van der Waals surface area contributed by atoms with Crippen molar-refractivity contribution in [3.05, 3.63) is 33.9 Å². The summed E-state index contributed by atoms with van der Waals surface area (Å²) in [7, 11) is 0. The predicted octanol–water partition coefficient (Wildman–Crippen LogP) is 3.03. The van der Waals surface area contributed by atoms with E-state index >= 15 is 0 Å². The molecule has 0 bridgehead atoms. The molecule has 152 valence electrons. The second-order valence-corrected chi connectivity index (χ2v) is 6.40. The van der Waals surface area contributed by atoms with E-state index in [1.807, 2.05) is 6.92 Å². The Morgan fingerprint density at radius 1 is 1.44 bits per heavy atom. The molecule has 1 aromatic carbocycles. The Morgan fingerprint density at radius 2 is 2.11 bits per heavy atom. The van der Waals surface area contributed by atoms with Crippen LogP contribution in [-0.4, -0.2) is 41.4 Å². The van der Waals surface area contributed by atoms with E-state index in [1.54, 1.807) is 4.90 Å². The molecule has 1 aliphatic heterocycles. The number of likely N-dealkylation sites (tertiary alicyclic amines) is 1. The number of benzene rings is 1. The lowest BCUT2D eigenvalue weighted by Crippen LogP contribution is -2.35. The number of alkyl halides is 3. The molecule has 1 heterocycles. The van der Waals surface area contributed by atoms with Gasteiger partial charge in [-0.1, -0.05) is 0 Å². The summed E-state index contributed by atoms with van der Waals surface area (Å²) in [6.45, 7) is 3.10. The highest BCUT2D eigenvalue weighted by atomic mass is 35.5. The molecular weight excluding hydrogens is 389 g/mol. The van der Waals surface area contributed by atoms with Crippen LogP contribution in [0.25, 0.3) is 0 Å². The van der Waals surface area contributed by atoms with E-state index in [9.17, 15) is 28.1 Å². The van der Waals surface area contributed by atoms with Gasteiger partial charge in [-0.15, -0.1) is 12.4 Å². The standard InChI is InChI=1S/C16H21F3N4O3.ClH/c1-10-6-11(8-20)9-22(10)15(24)4-5-21-13-3-2-12(16(17,18)19)7-14(13)23(25)26;/h2-3,7,10-11,21H,4-6,8-9,20H2,1H3;1H. The van der Waals surface area contributed by atoms with Crippen LogP contribution in [-0.2, 0) is 11.0 Å². The number of hydrogen-bond acceptors (Lipinski definition) is 5. The summed E-state index contributed by atoms with van der Waals surface area (Å²) in [6.07, 6.45) is -3.75. The number of nitrogens with one attached hydrogen (secondary N) is 1. The van der Waals surface area contributed by atoms with Gasteiger partial charge in [0.15, 0.2) is 0 Å². The minimum Gasteiger partial charge on any atom is -0.379 e. The zero-order valence-corrected chi connectivity index (χ0v) is 15.5. The summed E-state index contributed by atoms with van der Waals surface area (Å²) in [4.78, 5) is 24.1. The van der Waals surface area contributed by atoms with E-state index < -0.39 is 22.4 Å². The van der Waals surface area contributed by atoms with Crippen molar-refractivity contribution in [1.29, 1.82) is 0 Å². The van der Waals surface area contributed by atoms with Crippen molar-refractivity contribution in [2.24, 2.45) is 11.7 Å². The molecule has 2 rings (SSSR count). The minimum atomic E-state index is -4.66. The number of anilines is 1. The summed E-state index contributed by atoms with van der Waals surface area (Å²) >= 11 is 0. The molecule has 2 unspecified atom stereocenters. The summed E-state index contributed by atoms with van der Waals surface area (Å²) in [5, 5.41) is 13.7. The normalized spacial score (nSPS) is 19.5. The molecule has 1 amide bonds. The zero-order chi connectivity index (χ0) is 19.5. The molecule has 11 heteroatoms.